The zero-order valence-electron chi connectivity index (χ0n) is 11.0. The van der Waals surface area contributed by atoms with Gasteiger partial charge in [-0.1, -0.05) is 6.07 Å². The molecule has 1 amide bonds. The number of rotatable bonds is 3. The fourth-order valence-corrected chi connectivity index (χ4v) is 4.58. The molecule has 0 spiro atoms. The lowest BCUT2D eigenvalue weighted by atomic mass is 10.1. The summed E-state index contributed by atoms with van der Waals surface area (Å²) in [7, 11) is -3.06. The highest BCUT2D eigenvalue weighted by molar-refractivity contribution is 9.10. The van der Waals surface area contributed by atoms with Crippen LogP contribution in [0.5, 0.6) is 0 Å². The number of amides is 1. The van der Waals surface area contributed by atoms with E-state index in [0.717, 1.165) is 0 Å². The molecule has 0 saturated carbocycles. The molecule has 1 saturated heterocycles. The number of carbonyl (C=O) groups excluding carboxylic acids is 1. The van der Waals surface area contributed by atoms with Crippen molar-refractivity contribution in [3.05, 3.63) is 34.1 Å². The van der Waals surface area contributed by atoms with Crippen LogP contribution in [-0.4, -0.2) is 43.3 Å². The van der Waals surface area contributed by atoms with Crippen LogP contribution in [0.25, 0.3) is 0 Å². The third kappa shape index (κ3) is 3.03. The molecule has 0 bridgehead atoms. The Bertz CT molecular complexity index is 633. The van der Waals surface area contributed by atoms with Gasteiger partial charge in [0.25, 0.3) is 5.91 Å². The standard InChI is InChI=1S/C13H15BrFNO3S/c1-2-16(9-6-7-20(18,19)8-9)13(17)10-4-3-5-11(15)12(10)14/h3-5,9H,2,6-8H2,1H3. The van der Waals surface area contributed by atoms with Crippen molar-refractivity contribution in [2.45, 2.75) is 19.4 Å². The van der Waals surface area contributed by atoms with Crippen LogP contribution in [0.1, 0.15) is 23.7 Å². The van der Waals surface area contributed by atoms with E-state index in [0.29, 0.717) is 13.0 Å². The van der Waals surface area contributed by atoms with Gasteiger partial charge in [0.1, 0.15) is 5.82 Å². The Morgan fingerprint density at radius 2 is 2.20 bits per heavy atom. The van der Waals surface area contributed by atoms with E-state index in [4.69, 9.17) is 0 Å². The minimum Gasteiger partial charge on any atom is -0.335 e. The van der Waals surface area contributed by atoms with Gasteiger partial charge in [0.15, 0.2) is 9.84 Å². The van der Waals surface area contributed by atoms with Gasteiger partial charge in [0.2, 0.25) is 0 Å². The van der Waals surface area contributed by atoms with Crippen molar-refractivity contribution >= 4 is 31.7 Å². The molecule has 110 valence electrons. The van der Waals surface area contributed by atoms with E-state index in [1.165, 1.54) is 23.1 Å². The molecule has 4 nitrogen and oxygen atoms in total. The van der Waals surface area contributed by atoms with Gasteiger partial charge in [-0.3, -0.25) is 4.79 Å². The summed E-state index contributed by atoms with van der Waals surface area (Å²) in [6.07, 6.45) is 0.439. The smallest absolute Gasteiger partial charge is 0.255 e. The van der Waals surface area contributed by atoms with E-state index in [1.807, 2.05) is 0 Å². The highest BCUT2D eigenvalue weighted by Gasteiger charge is 2.34. The number of hydrogen-bond acceptors (Lipinski definition) is 3. The van der Waals surface area contributed by atoms with Gasteiger partial charge in [-0.15, -0.1) is 0 Å². The van der Waals surface area contributed by atoms with Crippen LogP contribution in [0, 0.1) is 5.82 Å². The van der Waals surface area contributed by atoms with Crippen LogP contribution in [0.2, 0.25) is 0 Å². The predicted molar refractivity (Wildman–Crippen MR) is 77.9 cm³/mol. The molecule has 0 aliphatic carbocycles. The van der Waals surface area contributed by atoms with E-state index in [1.54, 1.807) is 6.92 Å². The average Bonchev–Trinajstić information content (AvgIpc) is 2.74. The van der Waals surface area contributed by atoms with Crippen LogP contribution < -0.4 is 0 Å². The molecule has 7 heteroatoms. The number of nitrogens with zero attached hydrogens (tertiary/aromatic N) is 1. The van der Waals surface area contributed by atoms with Crippen molar-refractivity contribution in [1.82, 2.24) is 4.90 Å². The number of sulfone groups is 1. The van der Waals surface area contributed by atoms with Gasteiger partial charge in [-0.05, 0) is 41.4 Å². The summed E-state index contributed by atoms with van der Waals surface area (Å²) in [4.78, 5) is 14.0. The van der Waals surface area contributed by atoms with Crippen molar-refractivity contribution in [2.24, 2.45) is 0 Å². The minimum atomic E-state index is -3.06. The zero-order valence-corrected chi connectivity index (χ0v) is 13.4. The summed E-state index contributed by atoms with van der Waals surface area (Å²) in [5, 5.41) is 0. The molecule has 0 radical (unpaired) electrons. The van der Waals surface area contributed by atoms with Crippen LogP contribution in [-0.2, 0) is 9.84 Å². The Hall–Kier alpha value is -0.950. The highest BCUT2D eigenvalue weighted by Crippen LogP contribution is 2.25. The van der Waals surface area contributed by atoms with E-state index in [9.17, 15) is 17.6 Å². The lowest BCUT2D eigenvalue weighted by Gasteiger charge is -2.27. The maximum atomic E-state index is 13.5. The van der Waals surface area contributed by atoms with Crippen LogP contribution in [0.15, 0.2) is 22.7 Å². The summed E-state index contributed by atoms with van der Waals surface area (Å²) in [6.45, 7) is 2.18. The van der Waals surface area contributed by atoms with Crippen molar-refractivity contribution < 1.29 is 17.6 Å². The fourth-order valence-electron chi connectivity index (χ4n) is 2.41. The van der Waals surface area contributed by atoms with Crippen molar-refractivity contribution in [3.8, 4) is 0 Å². The fraction of sp³-hybridized carbons (Fsp3) is 0.462. The topological polar surface area (TPSA) is 54.5 Å². The molecule has 1 unspecified atom stereocenters. The predicted octanol–water partition coefficient (Wildman–Crippen LogP) is 2.24. The monoisotopic (exact) mass is 363 g/mol. The first kappa shape index (κ1) is 15.4. The van der Waals surface area contributed by atoms with Gasteiger partial charge in [0.05, 0.1) is 21.5 Å². The van der Waals surface area contributed by atoms with Crippen LogP contribution >= 0.6 is 15.9 Å². The highest BCUT2D eigenvalue weighted by atomic mass is 79.9. The third-order valence-electron chi connectivity index (χ3n) is 3.43. The molecule has 0 N–H and O–H groups in total. The summed E-state index contributed by atoms with van der Waals surface area (Å²) in [6, 6.07) is 3.93. The number of carbonyl (C=O) groups is 1. The molecule has 1 aromatic rings. The average molecular weight is 364 g/mol. The maximum Gasteiger partial charge on any atom is 0.255 e. The molecule has 1 fully saturated rings. The molecule has 1 aliphatic rings. The largest absolute Gasteiger partial charge is 0.335 e. The normalized spacial score (nSPS) is 20.9. The van der Waals surface area contributed by atoms with Gasteiger partial charge < -0.3 is 4.90 Å². The maximum absolute atomic E-state index is 13.5. The van der Waals surface area contributed by atoms with E-state index < -0.39 is 15.7 Å². The van der Waals surface area contributed by atoms with E-state index in [2.05, 4.69) is 15.9 Å². The summed E-state index contributed by atoms with van der Waals surface area (Å²) >= 11 is 3.07. The van der Waals surface area contributed by atoms with E-state index in [-0.39, 0.29) is 33.5 Å². The number of hydrogen-bond donors (Lipinski definition) is 0. The zero-order chi connectivity index (χ0) is 14.9. The Balaban J connectivity index is 2.28. The quantitative estimate of drug-likeness (QED) is 0.827. The molecule has 0 aromatic heterocycles. The Morgan fingerprint density at radius 3 is 2.75 bits per heavy atom. The number of benzene rings is 1. The van der Waals surface area contributed by atoms with Gasteiger partial charge >= 0.3 is 0 Å². The van der Waals surface area contributed by atoms with Crippen molar-refractivity contribution in [2.75, 3.05) is 18.1 Å². The minimum absolute atomic E-state index is 0.0144. The SMILES string of the molecule is CCN(C(=O)c1cccc(F)c1Br)C1CCS(=O)(=O)C1. The van der Waals surface area contributed by atoms with Crippen LogP contribution in [0.3, 0.4) is 0 Å². The van der Waals surface area contributed by atoms with Gasteiger partial charge in [0, 0.05) is 12.6 Å². The lowest BCUT2D eigenvalue weighted by molar-refractivity contribution is 0.0707. The first-order chi connectivity index (χ1) is 9.35. The Labute approximate surface area is 126 Å². The second-order valence-electron chi connectivity index (χ2n) is 4.75. The van der Waals surface area contributed by atoms with Crippen molar-refractivity contribution in [3.63, 3.8) is 0 Å². The summed E-state index contributed by atoms with van der Waals surface area (Å²) in [5.74, 6) is -0.766. The van der Waals surface area contributed by atoms with Crippen molar-refractivity contribution in [1.29, 1.82) is 0 Å². The third-order valence-corrected chi connectivity index (χ3v) is 5.99. The molecular weight excluding hydrogens is 349 g/mol. The first-order valence-electron chi connectivity index (χ1n) is 6.31. The lowest BCUT2D eigenvalue weighted by Crippen LogP contribution is -2.41. The molecule has 20 heavy (non-hydrogen) atoms. The second-order valence-corrected chi connectivity index (χ2v) is 7.77. The second kappa shape index (κ2) is 5.81. The Kier molecular flexibility index (Phi) is 4.49. The molecule has 1 heterocycles. The molecule has 1 atom stereocenters. The molecular formula is C13H15BrFNO3S. The van der Waals surface area contributed by atoms with Crippen LogP contribution in [0.4, 0.5) is 4.39 Å². The first-order valence-corrected chi connectivity index (χ1v) is 8.92. The summed E-state index contributed by atoms with van der Waals surface area (Å²) < 4.78 is 36.7. The Morgan fingerprint density at radius 1 is 1.50 bits per heavy atom. The molecule has 1 aromatic carbocycles. The molecule has 2 rings (SSSR count). The number of halogens is 2. The van der Waals surface area contributed by atoms with E-state index >= 15 is 0 Å². The molecule has 1 aliphatic heterocycles. The summed E-state index contributed by atoms with van der Waals surface area (Å²) in [5.41, 5.74) is 0.219. The van der Waals surface area contributed by atoms with Gasteiger partial charge in [-0.25, -0.2) is 12.8 Å². The van der Waals surface area contributed by atoms with Gasteiger partial charge in [-0.2, -0.15) is 0 Å².